The van der Waals surface area contributed by atoms with Crippen LogP contribution in [0.1, 0.15) is 16.1 Å². The van der Waals surface area contributed by atoms with E-state index in [0.29, 0.717) is 12.2 Å². The van der Waals surface area contributed by atoms with Gasteiger partial charge in [-0.1, -0.05) is 42.5 Å². The molecule has 22 heavy (non-hydrogen) atoms. The maximum Gasteiger partial charge on any atom is 0.356 e. The van der Waals surface area contributed by atoms with Crippen molar-refractivity contribution in [1.82, 2.24) is 9.78 Å². The number of halogens is 1. The molecule has 0 aliphatic carbocycles. The van der Waals surface area contributed by atoms with Crippen LogP contribution in [0.3, 0.4) is 0 Å². The molecule has 0 fully saturated rings. The fourth-order valence-corrected chi connectivity index (χ4v) is 2.29. The first kappa shape index (κ1) is 14.0. The highest BCUT2D eigenvalue weighted by atomic mass is 19.1. The minimum Gasteiger partial charge on any atom is -0.476 e. The van der Waals surface area contributed by atoms with Gasteiger partial charge in [-0.05, 0) is 29.3 Å². The molecule has 1 N–H and O–H groups in total. The van der Waals surface area contributed by atoms with Crippen LogP contribution >= 0.6 is 0 Å². The van der Waals surface area contributed by atoms with E-state index in [1.807, 2.05) is 30.3 Å². The zero-order valence-electron chi connectivity index (χ0n) is 11.6. The fourth-order valence-electron chi connectivity index (χ4n) is 2.29. The lowest BCUT2D eigenvalue weighted by Crippen LogP contribution is -2.06. The van der Waals surface area contributed by atoms with Gasteiger partial charge in [0.15, 0.2) is 5.69 Å². The van der Waals surface area contributed by atoms with Crippen molar-refractivity contribution in [3.05, 3.63) is 77.7 Å². The van der Waals surface area contributed by atoms with E-state index >= 15 is 0 Å². The predicted molar refractivity (Wildman–Crippen MR) is 80.1 cm³/mol. The summed E-state index contributed by atoms with van der Waals surface area (Å²) in [5.41, 5.74) is 2.23. The molecule has 2 aromatic carbocycles. The number of aromatic carboxylic acids is 1. The number of hydrogen-bond acceptors (Lipinski definition) is 2. The monoisotopic (exact) mass is 296 g/mol. The highest BCUT2D eigenvalue weighted by Crippen LogP contribution is 2.21. The molecule has 4 nitrogen and oxygen atoms in total. The van der Waals surface area contributed by atoms with Crippen LogP contribution in [-0.4, -0.2) is 20.9 Å². The van der Waals surface area contributed by atoms with Crippen LogP contribution in [0.5, 0.6) is 0 Å². The molecule has 0 spiro atoms. The largest absolute Gasteiger partial charge is 0.476 e. The van der Waals surface area contributed by atoms with Crippen LogP contribution in [0.25, 0.3) is 11.3 Å². The molecule has 0 saturated heterocycles. The minimum absolute atomic E-state index is 0.0322. The lowest BCUT2D eigenvalue weighted by atomic mass is 10.1. The number of nitrogens with zero attached hydrogens (tertiary/aromatic N) is 2. The van der Waals surface area contributed by atoms with Gasteiger partial charge >= 0.3 is 5.97 Å². The fraction of sp³-hybridized carbons (Fsp3) is 0.0588. The number of benzene rings is 2. The van der Waals surface area contributed by atoms with Gasteiger partial charge in [-0.15, -0.1) is 0 Å². The summed E-state index contributed by atoms with van der Waals surface area (Å²) in [4.78, 5) is 11.2. The van der Waals surface area contributed by atoms with E-state index in [1.54, 1.807) is 16.8 Å². The average molecular weight is 296 g/mol. The first-order valence-electron chi connectivity index (χ1n) is 6.74. The van der Waals surface area contributed by atoms with Crippen molar-refractivity contribution in [3.8, 4) is 11.3 Å². The number of carboxylic acid groups (broad SMARTS) is 1. The molecule has 0 atom stereocenters. The van der Waals surface area contributed by atoms with Crippen LogP contribution in [0.15, 0.2) is 60.7 Å². The Morgan fingerprint density at radius 3 is 2.55 bits per heavy atom. The highest BCUT2D eigenvalue weighted by Gasteiger charge is 2.14. The number of carboxylic acids is 1. The number of aromatic nitrogens is 2. The van der Waals surface area contributed by atoms with Gasteiger partial charge in [0.1, 0.15) is 5.82 Å². The molecule has 3 aromatic rings. The Kier molecular flexibility index (Phi) is 3.70. The van der Waals surface area contributed by atoms with Crippen molar-refractivity contribution in [1.29, 1.82) is 0 Å². The molecule has 0 amide bonds. The summed E-state index contributed by atoms with van der Waals surface area (Å²) in [5.74, 6) is -1.42. The van der Waals surface area contributed by atoms with Gasteiger partial charge in [0.25, 0.3) is 0 Å². The summed E-state index contributed by atoms with van der Waals surface area (Å²) >= 11 is 0. The van der Waals surface area contributed by atoms with Crippen molar-refractivity contribution in [2.75, 3.05) is 0 Å². The lowest BCUT2D eigenvalue weighted by molar-refractivity contribution is 0.0689. The topological polar surface area (TPSA) is 55.1 Å². The smallest absolute Gasteiger partial charge is 0.356 e. The maximum absolute atomic E-state index is 13.3. The zero-order valence-corrected chi connectivity index (χ0v) is 11.6. The van der Waals surface area contributed by atoms with Crippen molar-refractivity contribution >= 4 is 5.97 Å². The van der Waals surface area contributed by atoms with Gasteiger partial charge in [-0.3, -0.25) is 4.68 Å². The van der Waals surface area contributed by atoms with Crippen molar-refractivity contribution in [3.63, 3.8) is 0 Å². The number of hydrogen-bond donors (Lipinski definition) is 1. The quantitative estimate of drug-likeness (QED) is 0.802. The van der Waals surface area contributed by atoms with Crippen molar-refractivity contribution < 1.29 is 14.3 Å². The summed E-state index contributed by atoms with van der Waals surface area (Å²) in [7, 11) is 0. The van der Waals surface area contributed by atoms with E-state index in [0.717, 1.165) is 11.1 Å². The molecule has 0 aliphatic rings. The first-order chi connectivity index (χ1) is 10.6. The summed E-state index contributed by atoms with van der Waals surface area (Å²) in [6.45, 7) is 0.301. The maximum atomic E-state index is 13.3. The minimum atomic E-state index is -1.09. The van der Waals surface area contributed by atoms with Crippen LogP contribution in [0.2, 0.25) is 0 Å². The normalized spacial score (nSPS) is 10.6. The number of rotatable bonds is 4. The van der Waals surface area contributed by atoms with Crippen molar-refractivity contribution in [2.24, 2.45) is 0 Å². The SMILES string of the molecule is O=C(O)c1cc(-c2ccccc2)n(Cc2cccc(F)c2)n1. The molecule has 0 bridgehead atoms. The molecule has 0 aliphatic heterocycles. The highest BCUT2D eigenvalue weighted by molar-refractivity contribution is 5.87. The zero-order chi connectivity index (χ0) is 15.5. The number of carbonyl (C=O) groups is 1. The third kappa shape index (κ3) is 2.88. The summed E-state index contributed by atoms with van der Waals surface area (Å²) in [6.07, 6.45) is 0. The molecule has 5 heteroatoms. The second-order valence-electron chi connectivity index (χ2n) is 4.87. The van der Waals surface area contributed by atoms with E-state index in [-0.39, 0.29) is 11.5 Å². The summed E-state index contributed by atoms with van der Waals surface area (Å²) < 4.78 is 14.9. The standard InChI is InChI=1S/C17H13FN2O2/c18-14-8-4-5-12(9-14)11-20-16(10-15(19-20)17(21)22)13-6-2-1-3-7-13/h1-10H,11H2,(H,21,22). The van der Waals surface area contributed by atoms with Crippen LogP contribution in [0, 0.1) is 5.82 Å². The molecule has 3 rings (SSSR count). The predicted octanol–water partition coefficient (Wildman–Crippen LogP) is 3.44. The lowest BCUT2D eigenvalue weighted by Gasteiger charge is -2.07. The van der Waals surface area contributed by atoms with E-state index in [4.69, 9.17) is 5.11 Å². The van der Waals surface area contributed by atoms with Gasteiger partial charge in [0.05, 0.1) is 12.2 Å². The van der Waals surface area contributed by atoms with E-state index in [1.165, 1.54) is 18.2 Å². The van der Waals surface area contributed by atoms with Gasteiger partial charge in [0, 0.05) is 0 Å². The molecule has 1 aromatic heterocycles. The Morgan fingerprint density at radius 2 is 1.86 bits per heavy atom. The van der Waals surface area contributed by atoms with Crippen LogP contribution < -0.4 is 0 Å². The Labute approximate surface area is 126 Å². The Bertz CT molecular complexity index is 813. The van der Waals surface area contributed by atoms with E-state index in [9.17, 15) is 9.18 Å². The van der Waals surface area contributed by atoms with Gasteiger partial charge < -0.3 is 5.11 Å². The molecule has 0 radical (unpaired) electrons. The summed E-state index contributed by atoms with van der Waals surface area (Å²) in [5, 5.41) is 13.2. The molecular weight excluding hydrogens is 283 g/mol. The molecule has 1 heterocycles. The molecular formula is C17H13FN2O2. The molecule has 0 unspecified atom stereocenters. The molecule has 0 saturated carbocycles. The van der Waals surface area contributed by atoms with Crippen LogP contribution in [0.4, 0.5) is 4.39 Å². The Hall–Kier alpha value is -2.95. The van der Waals surface area contributed by atoms with Gasteiger partial charge in [-0.2, -0.15) is 5.10 Å². The Balaban J connectivity index is 2.04. The van der Waals surface area contributed by atoms with Crippen molar-refractivity contribution in [2.45, 2.75) is 6.54 Å². The van der Waals surface area contributed by atoms with E-state index in [2.05, 4.69) is 5.10 Å². The third-order valence-electron chi connectivity index (χ3n) is 3.29. The Morgan fingerprint density at radius 1 is 1.09 bits per heavy atom. The van der Waals surface area contributed by atoms with Gasteiger partial charge in [-0.25, -0.2) is 9.18 Å². The first-order valence-corrected chi connectivity index (χ1v) is 6.74. The van der Waals surface area contributed by atoms with E-state index < -0.39 is 5.97 Å². The average Bonchev–Trinajstić information content (AvgIpc) is 2.92. The van der Waals surface area contributed by atoms with Gasteiger partial charge in [0.2, 0.25) is 0 Å². The summed E-state index contributed by atoms with van der Waals surface area (Å²) in [6, 6.07) is 17.1. The third-order valence-corrected chi connectivity index (χ3v) is 3.29. The second kappa shape index (κ2) is 5.81. The van der Waals surface area contributed by atoms with Crippen LogP contribution in [-0.2, 0) is 6.54 Å². The second-order valence-corrected chi connectivity index (χ2v) is 4.87. The molecule has 110 valence electrons.